The zero-order valence-electron chi connectivity index (χ0n) is 19.5. The van der Waals surface area contributed by atoms with Gasteiger partial charge in [-0.25, -0.2) is 0 Å². The van der Waals surface area contributed by atoms with Crippen LogP contribution in [0.25, 0.3) is 11.1 Å². The maximum Gasteiger partial charge on any atom is 0.227 e. The summed E-state index contributed by atoms with van der Waals surface area (Å²) in [5.74, 6) is -0.0200. The van der Waals surface area contributed by atoms with Crippen LogP contribution in [-0.2, 0) is 22.6 Å². The summed E-state index contributed by atoms with van der Waals surface area (Å²) in [7, 11) is 0. The van der Waals surface area contributed by atoms with Crippen LogP contribution < -0.4 is 0 Å². The second-order valence-corrected chi connectivity index (χ2v) is 8.67. The number of benzene rings is 2. The molecule has 2 heterocycles. The molecule has 1 fully saturated rings. The number of carbonyl (C=O) groups excluding carboxylic acids is 2. The highest BCUT2D eigenvalue weighted by molar-refractivity contribution is 5.82. The fraction of sp³-hybridized carbons (Fsp3) is 0.370. The van der Waals surface area contributed by atoms with E-state index in [9.17, 15) is 9.59 Å². The average molecular weight is 445 g/mol. The molecular formula is C27H32N4O2. The fourth-order valence-corrected chi connectivity index (χ4v) is 4.52. The monoisotopic (exact) mass is 444 g/mol. The summed E-state index contributed by atoms with van der Waals surface area (Å²) in [5, 5.41) is 4.28. The highest BCUT2D eigenvalue weighted by atomic mass is 16.2. The Kier molecular flexibility index (Phi) is 7.23. The zero-order chi connectivity index (χ0) is 23.2. The third-order valence-electron chi connectivity index (χ3n) is 6.46. The molecule has 3 aromatic rings. The van der Waals surface area contributed by atoms with Gasteiger partial charge in [0.05, 0.1) is 5.92 Å². The SMILES string of the molecule is CCN1CCN(C(=O)CCn2nccc2C)CC(Cc2cccc(-c3ccccc3)c2)C1=O. The minimum absolute atomic E-state index is 0.0821. The van der Waals surface area contributed by atoms with Gasteiger partial charge in [-0.3, -0.25) is 14.3 Å². The topological polar surface area (TPSA) is 58.4 Å². The van der Waals surface area contributed by atoms with Crippen molar-refractivity contribution in [3.8, 4) is 11.1 Å². The number of hydrogen-bond acceptors (Lipinski definition) is 3. The number of nitrogens with zero attached hydrogens (tertiary/aromatic N) is 4. The van der Waals surface area contributed by atoms with Crippen molar-refractivity contribution in [1.82, 2.24) is 19.6 Å². The number of rotatable bonds is 7. The predicted octanol–water partition coefficient (Wildman–Crippen LogP) is 3.80. The number of hydrogen-bond donors (Lipinski definition) is 0. The van der Waals surface area contributed by atoms with Crippen molar-refractivity contribution in [2.75, 3.05) is 26.2 Å². The van der Waals surface area contributed by atoms with Gasteiger partial charge in [0.25, 0.3) is 0 Å². The van der Waals surface area contributed by atoms with E-state index in [0.717, 1.165) is 22.4 Å². The number of amides is 2. The summed E-state index contributed by atoms with van der Waals surface area (Å²) in [6.45, 7) is 6.84. The van der Waals surface area contributed by atoms with Crippen molar-refractivity contribution in [2.24, 2.45) is 5.92 Å². The quantitative estimate of drug-likeness (QED) is 0.557. The average Bonchev–Trinajstić information content (AvgIpc) is 3.19. The Hall–Kier alpha value is -3.41. The van der Waals surface area contributed by atoms with Gasteiger partial charge in [0, 0.05) is 51.0 Å². The maximum absolute atomic E-state index is 13.3. The van der Waals surface area contributed by atoms with Crippen molar-refractivity contribution in [3.63, 3.8) is 0 Å². The first-order valence-corrected chi connectivity index (χ1v) is 11.7. The highest BCUT2D eigenvalue weighted by Gasteiger charge is 2.31. The number of aromatic nitrogens is 2. The summed E-state index contributed by atoms with van der Waals surface area (Å²) in [5.41, 5.74) is 4.46. The van der Waals surface area contributed by atoms with E-state index in [-0.39, 0.29) is 17.7 Å². The molecule has 0 aliphatic carbocycles. The molecule has 172 valence electrons. The summed E-state index contributed by atoms with van der Waals surface area (Å²) < 4.78 is 1.85. The number of carbonyl (C=O) groups is 2. The second-order valence-electron chi connectivity index (χ2n) is 8.67. The molecule has 0 spiro atoms. The molecule has 0 N–H and O–H groups in total. The van der Waals surface area contributed by atoms with Crippen LogP contribution in [-0.4, -0.2) is 57.6 Å². The molecule has 0 bridgehead atoms. The van der Waals surface area contributed by atoms with E-state index in [1.807, 2.05) is 58.7 Å². The van der Waals surface area contributed by atoms with Gasteiger partial charge in [0.2, 0.25) is 11.8 Å². The van der Waals surface area contributed by atoms with Crippen molar-refractivity contribution >= 4 is 11.8 Å². The van der Waals surface area contributed by atoms with Crippen LogP contribution in [0.4, 0.5) is 0 Å². The lowest BCUT2D eigenvalue weighted by Gasteiger charge is -2.24. The predicted molar refractivity (Wildman–Crippen MR) is 129 cm³/mol. The molecule has 6 nitrogen and oxygen atoms in total. The van der Waals surface area contributed by atoms with Gasteiger partial charge in [-0.15, -0.1) is 0 Å². The Morgan fingerprint density at radius 3 is 2.55 bits per heavy atom. The Balaban J connectivity index is 1.48. The maximum atomic E-state index is 13.3. The van der Waals surface area contributed by atoms with Crippen LogP contribution >= 0.6 is 0 Å². The molecule has 6 heteroatoms. The molecule has 4 rings (SSSR count). The molecule has 1 unspecified atom stereocenters. The Bertz CT molecular complexity index is 1090. The van der Waals surface area contributed by atoms with E-state index in [2.05, 4.69) is 35.4 Å². The normalized spacial score (nSPS) is 16.7. The largest absolute Gasteiger partial charge is 0.341 e. The van der Waals surface area contributed by atoms with Gasteiger partial charge in [0.1, 0.15) is 0 Å². The summed E-state index contributed by atoms with van der Waals surface area (Å²) in [6.07, 6.45) is 2.76. The molecule has 2 aromatic carbocycles. The Morgan fingerprint density at radius 1 is 1.03 bits per heavy atom. The molecule has 1 aliphatic heterocycles. The number of likely N-dealkylation sites (N-methyl/N-ethyl adjacent to an activating group) is 1. The molecule has 1 atom stereocenters. The van der Waals surface area contributed by atoms with E-state index < -0.39 is 0 Å². The minimum Gasteiger partial charge on any atom is -0.341 e. The highest BCUT2D eigenvalue weighted by Crippen LogP contribution is 2.23. The third-order valence-corrected chi connectivity index (χ3v) is 6.46. The Labute approximate surface area is 195 Å². The molecule has 0 saturated carbocycles. The minimum atomic E-state index is -0.242. The van der Waals surface area contributed by atoms with Gasteiger partial charge in [0.15, 0.2) is 0 Å². The molecular weight excluding hydrogens is 412 g/mol. The molecule has 1 saturated heterocycles. The third kappa shape index (κ3) is 5.51. The lowest BCUT2D eigenvalue weighted by atomic mass is 9.94. The van der Waals surface area contributed by atoms with Crippen LogP contribution in [0, 0.1) is 12.8 Å². The van der Waals surface area contributed by atoms with E-state index in [4.69, 9.17) is 0 Å². The van der Waals surface area contributed by atoms with Crippen LogP contribution in [0.1, 0.15) is 24.6 Å². The molecule has 0 radical (unpaired) electrons. The lowest BCUT2D eigenvalue weighted by molar-refractivity contribution is -0.134. The van der Waals surface area contributed by atoms with Gasteiger partial charge in [-0.1, -0.05) is 54.6 Å². The second kappa shape index (κ2) is 10.5. The molecule has 1 aliphatic rings. The van der Waals surface area contributed by atoms with Crippen LogP contribution in [0.3, 0.4) is 0 Å². The van der Waals surface area contributed by atoms with Gasteiger partial charge in [-0.05, 0) is 43.0 Å². The summed E-state index contributed by atoms with van der Waals surface area (Å²) in [4.78, 5) is 30.1. The van der Waals surface area contributed by atoms with E-state index >= 15 is 0 Å². The molecule has 1 aromatic heterocycles. The van der Waals surface area contributed by atoms with Gasteiger partial charge in [-0.2, -0.15) is 5.10 Å². The van der Waals surface area contributed by atoms with Crippen LogP contribution in [0.2, 0.25) is 0 Å². The van der Waals surface area contributed by atoms with Crippen molar-refractivity contribution in [2.45, 2.75) is 33.2 Å². The summed E-state index contributed by atoms with van der Waals surface area (Å²) in [6, 6.07) is 20.6. The number of aryl methyl sites for hydroxylation is 2. The summed E-state index contributed by atoms with van der Waals surface area (Å²) >= 11 is 0. The Morgan fingerprint density at radius 2 is 1.82 bits per heavy atom. The van der Waals surface area contributed by atoms with Crippen LogP contribution in [0.5, 0.6) is 0 Å². The van der Waals surface area contributed by atoms with E-state index in [1.165, 1.54) is 0 Å². The standard InChI is InChI=1S/C27H32N4O2/c1-3-29-16-17-30(26(32)13-15-31-21(2)12-14-28-31)20-25(27(29)33)19-22-8-7-11-24(18-22)23-9-5-4-6-10-23/h4-12,14,18,25H,3,13,15-17,19-20H2,1-2H3. The molecule has 2 amide bonds. The van der Waals surface area contributed by atoms with Crippen molar-refractivity contribution in [3.05, 3.63) is 78.1 Å². The fourth-order valence-electron chi connectivity index (χ4n) is 4.52. The first-order valence-electron chi connectivity index (χ1n) is 11.7. The molecule has 33 heavy (non-hydrogen) atoms. The van der Waals surface area contributed by atoms with Gasteiger partial charge < -0.3 is 9.80 Å². The smallest absolute Gasteiger partial charge is 0.227 e. The first-order chi connectivity index (χ1) is 16.0. The van der Waals surface area contributed by atoms with Gasteiger partial charge >= 0.3 is 0 Å². The lowest BCUT2D eigenvalue weighted by Crippen LogP contribution is -2.38. The van der Waals surface area contributed by atoms with E-state index in [1.54, 1.807) is 6.20 Å². The zero-order valence-corrected chi connectivity index (χ0v) is 19.5. The van der Waals surface area contributed by atoms with Crippen molar-refractivity contribution in [1.29, 1.82) is 0 Å². The first kappa shape index (κ1) is 22.8. The van der Waals surface area contributed by atoms with Crippen LogP contribution in [0.15, 0.2) is 66.9 Å². The van der Waals surface area contributed by atoms with E-state index in [0.29, 0.717) is 45.6 Å². The van der Waals surface area contributed by atoms with Crippen molar-refractivity contribution < 1.29 is 9.59 Å².